The Balaban J connectivity index is 2.05. The normalized spacial score (nSPS) is 19.1. The van der Waals surface area contributed by atoms with Crippen molar-refractivity contribution in [2.75, 3.05) is 0 Å². The number of rotatable bonds is 1. The lowest BCUT2D eigenvalue weighted by Crippen LogP contribution is -2.25. The average Bonchev–Trinajstić information content (AvgIpc) is 2.74. The monoisotopic (exact) mass is 232 g/mol. The third-order valence-electron chi connectivity index (χ3n) is 3.00. The van der Waals surface area contributed by atoms with Gasteiger partial charge >= 0.3 is 0 Å². The smallest absolute Gasteiger partial charge is 0.181 e. The second-order valence-electron chi connectivity index (χ2n) is 4.27. The van der Waals surface area contributed by atoms with Crippen LogP contribution in [0.3, 0.4) is 0 Å². The van der Waals surface area contributed by atoms with Crippen LogP contribution < -0.4 is 5.73 Å². The largest absolute Gasteiger partial charge is 0.310 e. The summed E-state index contributed by atoms with van der Waals surface area (Å²) in [5.74, 6) is 1.17. The first-order chi connectivity index (χ1) is 8.24. The van der Waals surface area contributed by atoms with Crippen molar-refractivity contribution < 1.29 is 4.39 Å². The molecule has 2 aromatic rings. The van der Waals surface area contributed by atoms with E-state index in [0.29, 0.717) is 11.4 Å². The Bertz CT molecular complexity index is 549. The summed E-state index contributed by atoms with van der Waals surface area (Å²) in [7, 11) is 0. The first-order valence-corrected chi connectivity index (χ1v) is 5.71. The number of hydrogen-bond acceptors (Lipinski definition) is 3. The summed E-state index contributed by atoms with van der Waals surface area (Å²) in [6, 6.07) is 6.30. The van der Waals surface area contributed by atoms with E-state index in [1.165, 1.54) is 12.1 Å². The first-order valence-electron chi connectivity index (χ1n) is 5.71. The van der Waals surface area contributed by atoms with Crippen LogP contribution in [0.5, 0.6) is 0 Å². The molecule has 1 aromatic heterocycles. The van der Waals surface area contributed by atoms with Gasteiger partial charge in [0.25, 0.3) is 0 Å². The zero-order valence-corrected chi connectivity index (χ0v) is 9.31. The minimum atomic E-state index is -0.278. The van der Waals surface area contributed by atoms with Gasteiger partial charge in [-0.05, 0) is 25.0 Å². The van der Waals surface area contributed by atoms with Gasteiger partial charge in [-0.3, -0.25) is 0 Å². The molecule has 1 aromatic carbocycles. The van der Waals surface area contributed by atoms with E-state index >= 15 is 0 Å². The van der Waals surface area contributed by atoms with E-state index in [-0.39, 0.29) is 12.0 Å². The van der Waals surface area contributed by atoms with Gasteiger partial charge in [0.05, 0.1) is 0 Å². The van der Waals surface area contributed by atoms with Crippen molar-refractivity contribution in [3.8, 4) is 11.4 Å². The number of hydrogen-bond donors (Lipinski definition) is 1. The molecular formula is C12H13FN4. The predicted molar refractivity (Wildman–Crippen MR) is 61.6 cm³/mol. The molecular weight excluding hydrogens is 219 g/mol. The van der Waals surface area contributed by atoms with Gasteiger partial charge in [-0.2, -0.15) is 0 Å². The molecule has 0 fully saturated rings. The summed E-state index contributed by atoms with van der Waals surface area (Å²) in [5.41, 5.74) is 6.65. The van der Waals surface area contributed by atoms with Crippen LogP contribution in [0.4, 0.5) is 4.39 Å². The standard InChI is InChI=1S/C12H13FN4/c13-9-4-1-3-8(7-9)12-15-11-6-2-5-10(14)17(11)16-12/h1,3-4,7,10H,2,5-6,14H2. The quantitative estimate of drug-likeness (QED) is 0.816. The second kappa shape index (κ2) is 3.92. The number of nitrogens with two attached hydrogens (primary N) is 1. The summed E-state index contributed by atoms with van der Waals surface area (Å²) in [6.07, 6.45) is 2.73. The summed E-state index contributed by atoms with van der Waals surface area (Å²) in [5, 5.41) is 4.36. The highest BCUT2D eigenvalue weighted by Gasteiger charge is 2.20. The number of fused-ring (bicyclic) bond motifs is 1. The number of aryl methyl sites for hydroxylation is 1. The molecule has 1 aliphatic rings. The maximum Gasteiger partial charge on any atom is 0.181 e. The maximum atomic E-state index is 13.1. The lowest BCUT2D eigenvalue weighted by molar-refractivity contribution is 0.373. The van der Waals surface area contributed by atoms with Crippen molar-refractivity contribution >= 4 is 0 Å². The molecule has 0 saturated heterocycles. The van der Waals surface area contributed by atoms with E-state index in [1.54, 1.807) is 16.8 Å². The summed E-state index contributed by atoms with van der Waals surface area (Å²) in [4.78, 5) is 4.42. The van der Waals surface area contributed by atoms with E-state index in [2.05, 4.69) is 10.1 Å². The Labute approximate surface area is 98.3 Å². The molecule has 1 atom stereocenters. The minimum Gasteiger partial charge on any atom is -0.310 e. The van der Waals surface area contributed by atoms with Crippen molar-refractivity contribution in [2.24, 2.45) is 5.73 Å². The molecule has 1 unspecified atom stereocenters. The van der Waals surface area contributed by atoms with E-state index in [9.17, 15) is 4.39 Å². The molecule has 4 nitrogen and oxygen atoms in total. The molecule has 17 heavy (non-hydrogen) atoms. The van der Waals surface area contributed by atoms with Crippen molar-refractivity contribution in [1.29, 1.82) is 0 Å². The highest BCUT2D eigenvalue weighted by Crippen LogP contribution is 2.23. The summed E-state index contributed by atoms with van der Waals surface area (Å²) in [6.45, 7) is 0. The van der Waals surface area contributed by atoms with Crippen LogP contribution in [0.15, 0.2) is 24.3 Å². The van der Waals surface area contributed by atoms with Gasteiger partial charge < -0.3 is 5.73 Å². The second-order valence-corrected chi connectivity index (χ2v) is 4.27. The van der Waals surface area contributed by atoms with E-state index in [1.807, 2.05) is 0 Å². The number of halogens is 1. The molecule has 1 aliphatic heterocycles. The molecule has 2 N–H and O–H groups in total. The topological polar surface area (TPSA) is 56.7 Å². The Morgan fingerprint density at radius 1 is 1.41 bits per heavy atom. The van der Waals surface area contributed by atoms with Crippen LogP contribution in [0.1, 0.15) is 24.8 Å². The van der Waals surface area contributed by atoms with Gasteiger partial charge in [0.2, 0.25) is 0 Å². The Kier molecular flexibility index (Phi) is 2.40. The lowest BCUT2D eigenvalue weighted by atomic mass is 10.1. The number of nitrogens with zero attached hydrogens (tertiary/aromatic N) is 3. The molecule has 5 heteroatoms. The van der Waals surface area contributed by atoms with Crippen LogP contribution in [0, 0.1) is 5.82 Å². The van der Waals surface area contributed by atoms with Gasteiger partial charge in [0.15, 0.2) is 5.82 Å². The van der Waals surface area contributed by atoms with Crippen molar-refractivity contribution in [3.05, 3.63) is 35.9 Å². The SMILES string of the molecule is NC1CCCc2nc(-c3cccc(F)c3)nn21. The zero-order valence-electron chi connectivity index (χ0n) is 9.31. The predicted octanol–water partition coefficient (Wildman–Crippen LogP) is 1.88. The molecule has 0 radical (unpaired) electrons. The van der Waals surface area contributed by atoms with Crippen LogP contribution >= 0.6 is 0 Å². The Morgan fingerprint density at radius 2 is 2.29 bits per heavy atom. The molecule has 3 rings (SSSR count). The molecule has 88 valence electrons. The Morgan fingerprint density at radius 3 is 3.06 bits per heavy atom. The van der Waals surface area contributed by atoms with Crippen LogP contribution in [0.2, 0.25) is 0 Å². The van der Waals surface area contributed by atoms with Crippen molar-refractivity contribution in [1.82, 2.24) is 14.8 Å². The minimum absolute atomic E-state index is 0.103. The molecule has 0 spiro atoms. The number of benzene rings is 1. The first kappa shape index (κ1) is 10.4. The highest BCUT2D eigenvalue weighted by molar-refractivity contribution is 5.54. The molecule has 0 saturated carbocycles. The van der Waals surface area contributed by atoms with E-state index in [0.717, 1.165) is 25.1 Å². The van der Waals surface area contributed by atoms with Gasteiger partial charge in [-0.15, -0.1) is 5.10 Å². The molecule has 2 heterocycles. The fraction of sp³-hybridized carbons (Fsp3) is 0.333. The molecule has 0 bridgehead atoms. The van der Waals surface area contributed by atoms with Crippen LogP contribution in [-0.4, -0.2) is 14.8 Å². The van der Waals surface area contributed by atoms with Crippen molar-refractivity contribution in [2.45, 2.75) is 25.4 Å². The lowest BCUT2D eigenvalue weighted by Gasteiger charge is -2.18. The molecule has 0 aliphatic carbocycles. The van der Waals surface area contributed by atoms with Gasteiger partial charge in [0.1, 0.15) is 17.8 Å². The summed E-state index contributed by atoms with van der Waals surface area (Å²) < 4.78 is 14.9. The van der Waals surface area contributed by atoms with E-state index < -0.39 is 0 Å². The van der Waals surface area contributed by atoms with E-state index in [4.69, 9.17) is 5.73 Å². The van der Waals surface area contributed by atoms with Gasteiger partial charge in [-0.25, -0.2) is 14.1 Å². The van der Waals surface area contributed by atoms with Crippen molar-refractivity contribution in [3.63, 3.8) is 0 Å². The van der Waals surface area contributed by atoms with Crippen LogP contribution in [0.25, 0.3) is 11.4 Å². The fourth-order valence-electron chi connectivity index (χ4n) is 2.13. The fourth-order valence-corrected chi connectivity index (χ4v) is 2.13. The Hall–Kier alpha value is -1.75. The average molecular weight is 232 g/mol. The van der Waals surface area contributed by atoms with Gasteiger partial charge in [-0.1, -0.05) is 12.1 Å². The number of aromatic nitrogens is 3. The highest BCUT2D eigenvalue weighted by atomic mass is 19.1. The van der Waals surface area contributed by atoms with Crippen LogP contribution in [-0.2, 0) is 6.42 Å². The maximum absolute atomic E-state index is 13.1. The third kappa shape index (κ3) is 1.82. The van der Waals surface area contributed by atoms with Gasteiger partial charge in [0, 0.05) is 12.0 Å². The zero-order chi connectivity index (χ0) is 11.8. The summed E-state index contributed by atoms with van der Waals surface area (Å²) >= 11 is 0. The third-order valence-corrected chi connectivity index (χ3v) is 3.00. The molecule has 0 amide bonds.